The first kappa shape index (κ1) is 10.8. The minimum atomic E-state index is 0.700. The topological polar surface area (TPSA) is 36.4 Å². The van der Waals surface area contributed by atoms with Crippen LogP contribution in [0.25, 0.3) is 0 Å². The summed E-state index contributed by atoms with van der Waals surface area (Å²) in [6.45, 7) is 4.06. The van der Waals surface area contributed by atoms with Gasteiger partial charge in [-0.2, -0.15) is 0 Å². The molecule has 0 aliphatic heterocycles. The van der Waals surface area contributed by atoms with Crippen LogP contribution in [0.2, 0.25) is 0 Å². The van der Waals surface area contributed by atoms with Gasteiger partial charge < -0.3 is 10.6 Å². The maximum absolute atomic E-state index is 4.59. The van der Waals surface area contributed by atoms with Crippen LogP contribution in [0, 0.1) is 5.92 Å². The Labute approximate surface area is 92.7 Å². The van der Waals surface area contributed by atoms with Crippen molar-refractivity contribution in [2.24, 2.45) is 10.9 Å². The zero-order chi connectivity index (χ0) is 10.5. The van der Waals surface area contributed by atoms with Gasteiger partial charge in [0.2, 0.25) is 0 Å². The Morgan fingerprint density at radius 2 is 2.07 bits per heavy atom. The van der Waals surface area contributed by atoms with Crippen LogP contribution < -0.4 is 10.6 Å². The number of guanidine groups is 1. The van der Waals surface area contributed by atoms with Crippen molar-refractivity contribution in [3.05, 3.63) is 0 Å². The van der Waals surface area contributed by atoms with E-state index in [9.17, 15) is 0 Å². The van der Waals surface area contributed by atoms with Crippen LogP contribution in [0.3, 0.4) is 0 Å². The van der Waals surface area contributed by atoms with Crippen molar-refractivity contribution < 1.29 is 0 Å². The van der Waals surface area contributed by atoms with Crippen molar-refractivity contribution in [2.45, 2.75) is 51.5 Å². The lowest BCUT2D eigenvalue weighted by molar-refractivity contribution is 0.670. The largest absolute Gasteiger partial charge is 0.357 e. The van der Waals surface area contributed by atoms with Gasteiger partial charge in [0.15, 0.2) is 5.96 Å². The van der Waals surface area contributed by atoms with E-state index in [0.717, 1.165) is 25.0 Å². The second-order valence-electron chi connectivity index (χ2n) is 4.76. The summed E-state index contributed by atoms with van der Waals surface area (Å²) in [6, 6.07) is 0.700. The SMILES string of the molecule is CCNC(=NCCCC1CC1)NC1CC1. The van der Waals surface area contributed by atoms with Crippen molar-refractivity contribution in [3.8, 4) is 0 Å². The summed E-state index contributed by atoms with van der Waals surface area (Å²) < 4.78 is 0. The molecule has 86 valence electrons. The summed E-state index contributed by atoms with van der Waals surface area (Å²) >= 11 is 0. The Balaban J connectivity index is 1.61. The molecular weight excluding hydrogens is 186 g/mol. The summed E-state index contributed by atoms with van der Waals surface area (Å²) in [5.74, 6) is 2.06. The molecule has 2 saturated carbocycles. The van der Waals surface area contributed by atoms with E-state index in [1.807, 2.05) is 0 Å². The van der Waals surface area contributed by atoms with Crippen LogP contribution in [0.15, 0.2) is 4.99 Å². The summed E-state index contributed by atoms with van der Waals surface area (Å²) in [7, 11) is 0. The average molecular weight is 209 g/mol. The fraction of sp³-hybridized carbons (Fsp3) is 0.917. The van der Waals surface area contributed by atoms with E-state index in [0.29, 0.717) is 6.04 Å². The molecule has 0 aromatic carbocycles. The fourth-order valence-corrected chi connectivity index (χ4v) is 1.72. The quantitative estimate of drug-likeness (QED) is 0.398. The molecule has 2 N–H and O–H groups in total. The van der Waals surface area contributed by atoms with Crippen LogP contribution in [-0.2, 0) is 0 Å². The second-order valence-corrected chi connectivity index (χ2v) is 4.76. The highest BCUT2D eigenvalue weighted by atomic mass is 15.2. The van der Waals surface area contributed by atoms with Crippen molar-refractivity contribution in [1.29, 1.82) is 0 Å². The molecule has 0 unspecified atom stereocenters. The average Bonchev–Trinajstić information content (AvgIpc) is 3.07. The molecule has 3 heteroatoms. The number of rotatable bonds is 6. The number of hydrogen-bond donors (Lipinski definition) is 2. The monoisotopic (exact) mass is 209 g/mol. The Bertz CT molecular complexity index is 217. The second kappa shape index (κ2) is 5.38. The van der Waals surface area contributed by atoms with E-state index < -0.39 is 0 Å². The molecule has 0 radical (unpaired) electrons. The van der Waals surface area contributed by atoms with E-state index in [1.165, 1.54) is 38.5 Å². The molecule has 15 heavy (non-hydrogen) atoms. The zero-order valence-corrected chi connectivity index (χ0v) is 9.76. The summed E-state index contributed by atoms with van der Waals surface area (Å²) in [5.41, 5.74) is 0. The fourth-order valence-electron chi connectivity index (χ4n) is 1.72. The first-order chi connectivity index (χ1) is 7.38. The Kier molecular flexibility index (Phi) is 3.87. The normalized spacial score (nSPS) is 21.5. The van der Waals surface area contributed by atoms with Crippen molar-refractivity contribution in [1.82, 2.24) is 10.6 Å². The lowest BCUT2D eigenvalue weighted by Gasteiger charge is -2.09. The molecule has 0 heterocycles. The smallest absolute Gasteiger partial charge is 0.191 e. The van der Waals surface area contributed by atoms with Crippen molar-refractivity contribution in [3.63, 3.8) is 0 Å². The molecule has 0 atom stereocenters. The molecule has 2 aliphatic rings. The van der Waals surface area contributed by atoms with E-state index >= 15 is 0 Å². The van der Waals surface area contributed by atoms with E-state index in [2.05, 4.69) is 22.5 Å². The maximum Gasteiger partial charge on any atom is 0.191 e. The zero-order valence-electron chi connectivity index (χ0n) is 9.76. The maximum atomic E-state index is 4.59. The minimum Gasteiger partial charge on any atom is -0.357 e. The van der Waals surface area contributed by atoms with Crippen LogP contribution in [0.5, 0.6) is 0 Å². The third-order valence-electron chi connectivity index (χ3n) is 3.00. The van der Waals surface area contributed by atoms with Gasteiger partial charge in [-0.1, -0.05) is 12.8 Å². The molecule has 3 nitrogen and oxygen atoms in total. The van der Waals surface area contributed by atoms with Crippen LogP contribution in [0.4, 0.5) is 0 Å². The van der Waals surface area contributed by atoms with Gasteiger partial charge in [0.1, 0.15) is 0 Å². The molecule has 0 saturated heterocycles. The Morgan fingerprint density at radius 3 is 2.67 bits per heavy atom. The standard InChI is InChI=1S/C12H23N3/c1-2-13-12(15-11-7-8-11)14-9-3-4-10-5-6-10/h10-11H,2-9H2,1H3,(H2,13,14,15). The van der Waals surface area contributed by atoms with Crippen LogP contribution >= 0.6 is 0 Å². The van der Waals surface area contributed by atoms with Crippen LogP contribution in [0.1, 0.15) is 45.4 Å². The third kappa shape index (κ3) is 4.54. The summed E-state index contributed by atoms with van der Waals surface area (Å²) in [5, 5.41) is 6.73. The molecular formula is C12H23N3. The summed E-state index contributed by atoms with van der Waals surface area (Å²) in [6.07, 6.45) is 8.19. The number of aliphatic imine (C=N–C) groups is 1. The van der Waals surface area contributed by atoms with Gasteiger partial charge in [-0.05, 0) is 38.5 Å². The van der Waals surface area contributed by atoms with Gasteiger partial charge in [-0.25, -0.2) is 0 Å². The van der Waals surface area contributed by atoms with Gasteiger partial charge in [0.05, 0.1) is 0 Å². The van der Waals surface area contributed by atoms with Gasteiger partial charge in [0.25, 0.3) is 0 Å². The van der Waals surface area contributed by atoms with Crippen molar-refractivity contribution >= 4 is 5.96 Å². The Morgan fingerprint density at radius 1 is 1.27 bits per heavy atom. The molecule has 2 fully saturated rings. The first-order valence-corrected chi connectivity index (χ1v) is 6.43. The van der Waals surface area contributed by atoms with E-state index in [4.69, 9.17) is 0 Å². The number of hydrogen-bond acceptors (Lipinski definition) is 1. The van der Waals surface area contributed by atoms with Gasteiger partial charge in [-0.15, -0.1) is 0 Å². The molecule has 2 rings (SSSR count). The lowest BCUT2D eigenvalue weighted by atomic mass is 10.2. The number of nitrogens with zero attached hydrogens (tertiary/aromatic N) is 1. The summed E-state index contributed by atoms with van der Waals surface area (Å²) in [4.78, 5) is 4.59. The van der Waals surface area contributed by atoms with E-state index in [-0.39, 0.29) is 0 Å². The lowest BCUT2D eigenvalue weighted by Crippen LogP contribution is -2.38. The minimum absolute atomic E-state index is 0.700. The van der Waals surface area contributed by atoms with E-state index in [1.54, 1.807) is 0 Å². The highest BCUT2D eigenvalue weighted by molar-refractivity contribution is 5.80. The molecule has 0 amide bonds. The Hall–Kier alpha value is -0.730. The first-order valence-electron chi connectivity index (χ1n) is 6.43. The molecule has 0 spiro atoms. The van der Waals surface area contributed by atoms with Gasteiger partial charge in [0, 0.05) is 19.1 Å². The van der Waals surface area contributed by atoms with Gasteiger partial charge in [-0.3, -0.25) is 4.99 Å². The van der Waals surface area contributed by atoms with Crippen LogP contribution in [-0.4, -0.2) is 25.1 Å². The predicted octanol–water partition coefficient (Wildman–Crippen LogP) is 1.89. The predicted molar refractivity (Wildman–Crippen MR) is 64.1 cm³/mol. The molecule has 2 aliphatic carbocycles. The highest BCUT2D eigenvalue weighted by Crippen LogP contribution is 2.33. The highest BCUT2D eigenvalue weighted by Gasteiger charge is 2.22. The molecule has 0 aromatic heterocycles. The third-order valence-corrected chi connectivity index (χ3v) is 3.00. The van der Waals surface area contributed by atoms with Crippen molar-refractivity contribution in [2.75, 3.05) is 13.1 Å². The molecule has 0 aromatic rings. The van der Waals surface area contributed by atoms with Gasteiger partial charge >= 0.3 is 0 Å². The number of nitrogens with one attached hydrogen (secondary N) is 2. The molecule has 0 bridgehead atoms.